The molecule has 0 spiro atoms. The lowest BCUT2D eigenvalue weighted by atomic mass is 9.90. The second-order valence-corrected chi connectivity index (χ2v) is 6.77. The van der Waals surface area contributed by atoms with Crippen LogP contribution < -0.4 is 5.32 Å². The number of aryl methyl sites for hydroxylation is 2. The molecule has 1 aromatic carbocycles. The van der Waals surface area contributed by atoms with E-state index < -0.39 is 0 Å². The topological polar surface area (TPSA) is 58.1 Å². The van der Waals surface area contributed by atoms with Crippen LogP contribution in [0.3, 0.4) is 0 Å². The Kier molecular flexibility index (Phi) is 5.64. The van der Waals surface area contributed by atoms with Gasteiger partial charge in [0, 0.05) is 32.5 Å². The number of aromatic nitrogens is 2. The van der Waals surface area contributed by atoms with Gasteiger partial charge in [0.05, 0.1) is 5.56 Å². The molecule has 1 aliphatic rings. The van der Waals surface area contributed by atoms with Crippen molar-refractivity contribution in [1.29, 1.82) is 0 Å². The first-order chi connectivity index (χ1) is 12.2. The van der Waals surface area contributed by atoms with Gasteiger partial charge in [-0.05, 0) is 49.7 Å². The summed E-state index contributed by atoms with van der Waals surface area (Å²) in [5.74, 6) is 1.14. The molecule has 2 heterocycles. The first kappa shape index (κ1) is 17.4. The quantitative estimate of drug-likeness (QED) is 0.909. The Labute approximate surface area is 149 Å². The van der Waals surface area contributed by atoms with Crippen LogP contribution in [-0.2, 0) is 6.42 Å². The van der Waals surface area contributed by atoms with Crippen LogP contribution in [0.25, 0.3) is 0 Å². The highest BCUT2D eigenvalue weighted by molar-refractivity contribution is 5.93. The van der Waals surface area contributed by atoms with Crippen molar-refractivity contribution in [2.24, 2.45) is 5.92 Å². The minimum atomic E-state index is 0.0447. The third-order valence-corrected chi connectivity index (χ3v) is 5.01. The molecule has 1 aliphatic heterocycles. The Bertz CT molecular complexity index is 714. The van der Waals surface area contributed by atoms with Gasteiger partial charge >= 0.3 is 0 Å². The van der Waals surface area contributed by atoms with Gasteiger partial charge in [-0.15, -0.1) is 0 Å². The predicted octanol–water partition coefficient (Wildman–Crippen LogP) is 3.31. The first-order valence-corrected chi connectivity index (χ1v) is 9.01. The van der Waals surface area contributed by atoms with Crippen molar-refractivity contribution in [3.63, 3.8) is 0 Å². The number of carbonyl (C=O) groups is 1. The third-order valence-electron chi connectivity index (χ3n) is 5.01. The van der Waals surface area contributed by atoms with Gasteiger partial charge in [0.2, 0.25) is 5.95 Å². The van der Waals surface area contributed by atoms with Crippen molar-refractivity contribution in [2.45, 2.75) is 32.6 Å². The molecule has 0 aliphatic carbocycles. The van der Waals surface area contributed by atoms with Gasteiger partial charge in [-0.1, -0.05) is 24.3 Å². The van der Waals surface area contributed by atoms with Crippen molar-refractivity contribution in [2.75, 3.05) is 25.5 Å². The van der Waals surface area contributed by atoms with E-state index in [9.17, 15) is 4.79 Å². The number of nitrogens with zero attached hydrogens (tertiary/aromatic N) is 3. The highest BCUT2D eigenvalue weighted by Gasteiger charge is 2.24. The molecule has 2 aromatic rings. The van der Waals surface area contributed by atoms with E-state index >= 15 is 0 Å². The second-order valence-electron chi connectivity index (χ2n) is 6.77. The van der Waals surface area contributed by atoms with Crippen molar-refractivity contribution in [3.8, 4) is 0 Å². The minimum absolute atomic E-state index is 0.0447. The van der Waals surface area contributed by atoms with Crippen LogP contribution in [0.2, 0.25) is 0 Å². The van der Waals surface area contributed by atoms with E-state index in [-0.39, 0.29) is 5.91 Å². The number of benzene rings is 1. The average Bonchev–Trinajstić information content (AvgIpc) is 2.67. The minimum Gasteiger partial charge on any atom is -0.357 e. The van der Waals surface area contributed by atoms with E-state index in [4.69, 9.17) is 0 Å². The van der Waals surface area contributed by atoms with Crippen LogP contribution >= 0.6 is 0 Å². The number of amides is 1. The first-order valence-electron chi connectivity index (χ1n) is 9.01. The molecule has 1 fully saturated rings. The molecule has 1 saturated heterocycles. The fourth-order valence-electron chi connectivity index (χ4n) is 3.49. The number of hydrogen-bond acceptors (Lipinski definition) is 4. The maximum Gasteiger partial charge on any atom is 0.257 e. The molecule has 132 valence electrons. The number of likely N-dealkylation sites (tertiary alicyclic amines) is 1. The molecule has 5 nitrogen and oxygen atoms in total. The zero-order valence-corrected chi connectivity index (χ0v) is 15.0. The molecular formula is C20H26N4O. The van der Waals surface area contributed by atoms with Crippen LogP contribution in [-0.4, -0.2) is 40.9 Å². The molecular weight excluding hydrogens is 312 g/mol. The molecule has 1 aromatic heterocycles. The van der Waals surface area contributed by atoms with Crippen LogP contribution in [0.4, 0.5) is 5.95 Å². The SMILES string of the molecule is CNc1ncc(C(=O)N2CCCC(CCc3ccccc3C)C2)cn1. The average molecular weight is 338 g/mol. The van der Waals surface area contributed by atoms with Gasteiger partial charge in [0.15, 0.2) is 0 Å². The number of rotatable bonds is 5. The fourth-order valence-corrected chi connectivity index (χ4v) is 3.49. The summed E-state index contributed by atoms with van der Waals surface area (Å²) in [6.07, 6.45) is 7.70. The Morgan fingerprint density at radius 2 is 2.04 bits per heavy atom. The summed E-state index contributed by atoms with van der Waals surface area (Å²) in [4.78, 5) is 23.0. The molecule has 1 N–H and O–H groups in total. The Balaban J connectivity index is 1.58. The summed E-state index contributed by atoms with van der Waals surface area (Å²) in [6.45, 7) is 3.83. The lowest BCUT2D eigenvalue weighted by molar-refractivity contribution is 0.0667. The Morgan fingerprint density at radius 3 is 2.76 bits per heavy atom. The molecule has 3 rings (SSSR count). The van der Waals surface area contributed by atoms with Gasteiger partial charge in [-0.2, -0.15) is 0 Å². The van der Waals surface area contributed by atoms with E-state index in [0.29, 0.717) is 17.4 Å². The standard InChI is InChI=1S/C20H26N4O/c1-15-6-3-4-8-17(15)10-9-16-7-5-11-24(14-16)19(25)18-12-22-20(21-2)23-13-18/h3-4,6,8,12-13,16H,5,7,9-11,14H2,1-2H3,(H,21,22,23). The summed E-state index contributed by atoms with van der Waals surface area (Å²) in [5.41, 5.74) is 3.34. The van der Waals surface area contributed by atoms with Crippen LogP contribution in [0.1, 0.15) is 40.7 Å². The van der Waals surface area contributed by atoms with Crippen LogP contribution in [0, 0.1) is 12.8 Å². The van der Waals surface area contributed by atoms with E-state index in [1.54, 1.807) is 19.4 Å². The molecule has 0 radical (unpaired) electrons. The molecule has 5 heteroatoms. The van der Waals surface area contributed by atoms with Crippen molar-refractivity contribution >= 4 is 11.9 Å². The summed E-state index contributed by atoms with van der Waals surface area (Å²) in [5, 5.41) is 2.87. The van der Waals surface area contributed by atoms with Crippen molar-refractivity contribution < 1.29 is 4.79 Å². The van der Waals surface area contributed by atoms with Crippen molar-refractivity contribution in [3.05, 3.63) is 53.3 Å². The van der Waals surface area contributed by atoms with Crippen LogP contribution in [0.15, 0.2) is 36.7 Å². The largest absolute Gasteiger partial charge is 0.357 e. The number of nitrogens with one attached hydrogen (secondary N) is 1. The highest BCUT2D eigenvalue weighted by atomic mass is 16.2. The number of anilines is 1. The zero-order chi connectivity index (χ0) is 17.6. The highest BCUT2D eigenvalue weighted by Crippen LogP contribution is 2.23. The monoisotopic (exact) mass is 338 g/mol. The number of carbonyl (C=O) groups excluding carboxylic acids is 1. The van der Waals surface area contributed by atoms with Gasteiger partial charge in [-0.3, -0.25) is 4.79 Å². The van der Waals surface area contributed by atoms with Crippen LogP contribution in [0.5, 0.6) is 0 Å². The van der Waals surface area contributed by atoms with Gasteiger partial charge in [-0.25, -0.2) is 9.97 Å². The van der Waals surface area contributed by atoms with Gasteiger partial charge in [0.25, 0.3) is 5.91 Å². The lowest BCUT2D eigenvalue weighted by Crippen LogP contribution is -2.40. The molecule has 25 heavy (non-hydrogen) atoms. The molecule has 0 saturated carbocycles. The third kappa shape index (κ3) is 4.35. The van der Waals surface area contributed by atoms with Crippen molar-refractivity contribution in [1.82, 2.24) is 14.9 Å². The Hall–Kier alpha value is -2.43. The summed E-state index contributed by atoms with van der Waals surface area (Å²) >= 11 is 0. The smallest absolute Gasteiger partial charge is 0.257 e. The Morgan fingerprint density at radius 1 is 1.28 bits per heavy atom. The molecule has 1 atom stereocenters. The molecule has 1 amide bonds. The zero-order valence-electron chi connectivity index (χ0n) is 15.0. The lowest BCUT2D eigenvalue weighted by Gasteiger charge is -2.33. The summed E-state index contributed by atoms with van der Waals surface area (Å²) in [6, 6.07) is 8.57. The maximum absolute atomic E-state index is 12.7. The normalized spacial score (nSPS) is 17.4. The molecule has 1 unspecified atom stereocenters. The van der Waals surface area contributed by atoms with E-state index in [2.05, 4.69) is 46.5 Å². The van der Waals surface area contributed by atoms with Gasteiger partial charge in [0.1, 0.15) is 0 Å². The summed E-state index contributed by atoms with van der Waals surface area (Å²) in [7, 11) is 1.76. The maximum atomic E-state index is 12.7. The van der Waals surface area contributed by atoms with E-state index in [1.807, 2.05) is 4.90 Å². The summed E-state index contributed by atoms with van der Waals surface area (Å²) < 4.78 is 0. The van der Waals surface area contributed by atoms with E-state index in [0.717, 1.165) is 32.4 Å². The second kappa shape index (κ2) is 8.10. The number of piperidine rings is 1. The van der Waals surface area contributed by atoms with E-state index in [1.165, 1.54) is 17.5 Å². The van der Waals surface area contributed by atoms with Gasteiger partial charge < -0.3 is 10.2 Å². The number of hydrogen-bond donors (Lipinski definition) is 1. The fraction of sp³-hybridized carbons (Fsp3) is 0.450. The molecule has 0 bridgehead atoms. The predicted molar refractivity (Wildman–Crippen MR) is 99.7 cm³/mol.